The van der Waals surface area contributed by atoms with Crippen molar-refractivity contribution in [3.63, 3.8) is 0 Å². The van der Waals surface area contributed by atoms with Crippen LogP contribution in [0.15, 0.2) is 18.3 Å². The molecule has 2 rings (SSSR count). The second-order valence-electron chi connectivity index (χ2n) is 4.18. The first kappa shape index (κ1) is 10.7. The summed E-state index contributed by atoms with van der Waals surface area (Å²) in [5.41, 5.74) is 3.33. The number of amides is 1. The Morgan fingerprint density at radius 1 is 1.31 bits per heavy atom. The van der Waals surface area contributed by atoms with Crippen molar-refractivity contribution >= 4 is 11.6 Å². The van der Waals surface area contributed by atoms with Gasteiger partial charge in [-0.1, -0.05) is 6.07 Å². The van der Waals surface area contributed by atoms with Gasteiger partial charge in [-0.05, 0) is 25.5 Å². The second-order valence-corrected chi connectivity index (χ2v) is 4.18. The van der Waals surface area contributed by atoms with Crippen LogP contribution in [0.5, 0.6) is 0 Å². The third kappa shape index (κ3) is 1.56. The molecule has 0 aliphatic rings. The Morgan fingerprint density at radius 3 is 2.62 bits per heavy atom. The van der Waals surface area contributed by atoms with E-state index < -0.39 is 0 Å². The number of carbonyl (C=O) groups is 1. The highest BCUT2D eigenvalue weighted by Gasteiger charge is 2.17. The molecule has 0 fully saturated rings. The lowest BCUT2D eigenvalue weighted by Gasteiger charge is -2.10. The highest BCUT2D eigenvalue weighted by molar-refractivity contribution is 5.94. The summed E-state index contributed by atoms with van der Waals surface area (Å²) in [4.78, 5) is 18.0. The SMILES string of the molecule is Cc1ccc2nc(C)c(C(=O)N(C)C)n2c1. The first-order valence-electron chi connectivity index (χ1n) is 5.17. The van der Waals surface area contributed by atoms with E-state index in [4.69, 9.17) is 0 Å². The van der Waals surface area contributed by atoms with Gasteiger partial charge < -0.3 is 4.90 Å². The number of aryl methyl sites for hydroxylation is 2. The van der Waals surface area contributed by atoms with Gasteiger partial charge in [-0.15, -0.1) is 0 Å². The zero-order valence-corrected chi connectivity index (χ0v) is 9.98. The molecular weight excluding hydrogens is 202 g/mol. The molecule has 4 heteroatoms. The smallest absolute Gasteiger partial charge is 0.272 e. The van der Waals surface area contributed by atoms with Crippen LogP contribution in [0, 0.1) is 13.8 Å². The zero-order valence-electron chi connectivity index (χ0n) is 9.98. The molecule has 2 aromatic rings. The summed E-state index contributed by atoms with van der Waals surface area (Å²) in [5, 5.41) is 0. The maximum absolute atomic E-state index is 12.0. The van der Waals surface area contributed by atoms with Crippen molar-refractivity contribution in [2.24, 2.45) is 0 Å². The van der Waals surface area contributed by atoms with E-state index in [1.807, 2.05) is 36.6 Å². The third-order valence-electron chi connectivity index (χ3n) is 2.55. The first-order valence-corrected chi connectivity index (χ1v) is 5.17. The summed E-state index contributed by atoms with van der Waals surface area (Å²) >= 11 is 0. The summed E-state index contributed by atoms with van der Waals surface area (Å²) in [6.45, 7) is 3.86. The fraction of sp³-hybridized carbons (Fsp3) is 0.333. The molecular formula is C12H15N3O. The van der Waals surface area contributed by atoms with Gasteiger partial charge in [0.1, 0.15) is 11.3 Å². The van der Waals surface area contributed by atoms with Crippen molar-refractivity contribution < 1.29 is 4.79 Å². The van der Waals surface area contributed by atoms with E-state index in [2.05, 4.69) is 4.98 Å². The number of imidazole rings is 1. The molecule has 0 radical (unpaired) electrons. The molecule has 0 N–H and O–H groups in total. The molecule has 0 saturated carbocycles. The van der Waals surface area contributed by atoms with Crippen molar-refractivity contribution in [1.29, 1.82) is 0 Å². The van der Waals surface area contributed by atoms with Crippen molar-refractivity contribution in [2.45, 2.75) is 13.8 Å². The van der Waals surface area contributed by atoms with Crippen LogP contribution in [0.2, 0.25) is 0 Å². The summed E-state index contributed by atoms with van der Waals surface area (Å²) in [6.07, 6.45) is 1.94. The van der Waals surface area contributed by atoms with Gasteiger partial charge in [0.15, 0.2) is 0 Å². The fourth-order valence-electron chi connectivity index (χ4n) is 1.74. The monoisotopic (exact) mass is 217 g/mol. The Kier molecular flexibility index (Phi) is 2.42. The largest absolute Gasteiger partial charge is 0.343 e. The van der Waals surface area contributed by atoms with Crippen LogP contribution in [0.1, 0.15) is 21.7 Å². The number of carbonyl (C=O) groups excluding carboxylic acids is 1. The van der Waals surface area contributed by atoms with Crippen molar-refractivity contribution in [1.82, 2.24) is 14.3 Å². The predicted octanol–water partition coefficient (Wildman–Crippen LogP) is 1.65. The van der Waals surface area contributed by atoms with Crippen LogP contribution in [-0.2, 0) is 0 Å². The third-order valence-corrected chi connectivity index (χ3v) is 2.55. The fourth-order valence-corrected chi connectivity index (χ4v) is 1.74. The number of pyridine rings is 1. The lowest BCUT2D eigenvalue weighted by Crippen LogP contribution is -2.24. The maximum atomic E-state index is 12.0. The first-order chi connectivity index (χ1) is 7.50. The molecule has 2 aromatic heterocycles. The zero-order chi connectivity index (χ0) is 11.9. The molecule has 84 valence electrons. The molecule has 0 aliphatic carbocycles. The average molecular weight is 217 g/mol. The quantitative estimate of drug-likeness (QED) is 0.728. The highest BCUT2D eigenvalue weighted by Crippen LogP contribution is 2.14. The molecule has 0 unspecified atom stereocenters. The highest BCUT2D eigenvalue weighted by atomic mass is 16.2. The Labute approximate surface area is 94.5 Å². The summed E-state index contributed by atoms with van der Waals surface area (Å²) in [7, 11) is 3.49. The molecule has 16 heavy (non-hydrogen) atoms. The molecule has 0 aliphatic heterocycles. The minimum Gasteiger partial charge on any atom is -0.343 e. The number of hydrogen-bond donors (Lipinski definition) is 0. The number of fused-ring (bicyclic) bond motifs is 1. The van der Waals surface area contributed by atoms with Gasteiger partial charge in [-0.3, -0.25) is 9.20 Å². The molecule has 0 atom stereocenters. The van der Waals surface area contributed by atoms with Gasteiger partial charge in [-0.25, -0.2) is 4.98 Å². The maximum Gasteiger partial charge on any atom is 0.272 e. The van der Waals surface area contributed by atoms with Crippen LogP contribution in [-0.4, -0.2) is 34.3 Å². The van der Waals surface area contributed by atoms with Gasteiger partial charge in [-0.2, -0.15) is 0 Å². The van der Waals surface area contributed by atoms with E-state index in [-0.39, 0.29) is 5.91 Å². The normalized spacial score (nSPS) is 10.8. The summed E-state index contributed by atoms with van der Waals surface area (Å²) in [6, 6.07) is 3.92. The van der Waals surface area contributed by atoms with Crippen LogP contribution in [0.3, 0.4) is 0 Å². The Hall–Kier alpha value is -1.84. The average Bonchev–Trinajstić information content (AvgIpc) is 2.52. The predicted molar refractivity (Wildman–Crippen MR) is 62.7 cm³/mol. The molecule has 0 spiro atoms. The van der Waals surface area contributed by atoms with Crippen molar-refractivity contribution in [3.05, 3.63) is 35.3 Å². The number of aromatic nitrogens is 2. The minimum absolute atomic E-state index is 0.0180. The number of rotatable bonds is 1. The van der Waals surface area contributed by atoms with E-state index in [0.29, 0.717) is 5.69 Å². The van der Waals surface area contributed by atoms with Gasteiger partial charge in [0.25, 0.3) is 5.91 Å². The Bertz CT molecular complexity index is 555. The second kappa shape index (κ2) is 3.63. The number of hydrogen-bond acceptors (Lipinski definition) is 2. The Morgan fingerprint density at radius 2 is 2.00 bits per heavy atom. The summed E-state index contributed by atoms with van der Waals surface area (Å²) in [5.74, 6) is -0.0180. The van der Waals surface area contributed by atoms with E-state index in [9.17, 15) is 4.79 Å². The lowest BCUT2D eigenvalue weighted by atomic mass is 10.3. The van der Waals surface area contributed by atoms with Crippen LogP contribution in [0.25, 0.3) is 5.65 Å². The van der Waals surface area contributed by atoms with Crippen LogP contribution >= 0.6 is 0 Å². The molecule has 0 bridgehead atoms. The van der Waals surface area contributed by atoms with Gasteiger partial charge in [0.2, 0.25) is 0 Å². The van der Waals surface area contributed by atoms with Crippen molar-refractivity contribution in [3.8, 4) is 0 Å². The standard InChI is InChI=1S/C12H15N3O/c1-8-5-6-10-13-9(2)11(15(10)7-8)12(16)14(3)4/h5-7H,1-4H3. The van der Waals surface area contributed by atoms with Crippen LogP contribution < -0.4 is 0 Å². The van der Waals surface area contributed by atoms with E-state index in [1.165, 1.54) is 0 Å². The topological polar surface area (TPSA) is 37.6 Å². The van der Waals surface area contributed by atoms with Crippen LogP contribution in [0.4, 0.5) is 0 Å². The Balaban J connectivity index is 2.72. The molecule has 1 amide bonds. The molecule has 4 nitrogen and oxygen atoms in total. The lowest BCUT2D eigenvalue weighted by molar-refractivity contribution is 0.0820. The van der Waals surface area contributed by atoms with Gasteiger partial charge in [0, 0.05) is 20.3 Å². The van der Waals surface area contributed by atoms with E-state index in [1.54, 1.807) is 19.0 Å². The van der Waals surface area contributed by atoms with E-state index >= 15 is 0 Å². The van der Waals surface area contributed by atoms with E-state index in [0.717, 1.165) is 16.9 Å². The molecule has 0 saturated heterocycles. The minimum atomic E-state index is -0.0180. The molecule has 2 heterocycles. The van der Waals surface area contributed by atoms with Gasteiger partial charge in [0.05, 0.1) is 5.69 Å². The summed E-state index contributed by atoms with van der Waals surface area (Å²) < 4.78 is 1.85. The van der Waals surface area contributed by atoms with Crippen molar-refractivity contribution in [2.75, 3.05) is 14.1 Å². The van der Waals surface area contributed by atoms with Gasteiger partial charge >= 0.3 is 0 Å². The molecule has 0 aromatic carbocycles. The number of nitrogens with zero attached hydrogens (tertiary/aromatic N) is 3.